The van der Waals surface area contributed by atoms with Crippen molar-refractivity contribution in [1.82, 2.24) is 10.3 Å². The second-order valence-corrected chi connectivity index (χ2v) is 4.94. The Morgan fingerprint density at radius 1 is 1.43 bits per heavy atom. The maximum absolute atomic E-state index is 11.7. The highest BCUT2D eigenvalue weighted by Gasteiger charge is 2.19. The van der Waals surface area contributed by atoms with E-state index in [1.165, 1.54) is 0 Å². The maximum Gasteiger partial charge on any atom is 0.251 e. The van der Waals surface area contributed by atoms with Crippen LogP contribution in [0.1, 0.15) is 32.6 Å². The first-order valence-corrected chi connectivity index (χ1v) is 6.68. The standard InChI is InChI=1S/C16H14N4O/c1-18-15-13(5-11(7-17)8-19-15)4-10-2-3-12-9-20-16(21)14(12)6-10/h2-3,5-6,8H,4,9H2,1H3,(H,18,19)(H,20,21). The first-order valence-electron chi connectivity index (χ1n) is 6.68. The van der Waals surface area contributed by atoms with Crippen molar-refractivity contribution in [2.24, 2.45) is 0 Å². The van der Waals surface area contributed by atoms with Crippen LogP contribution >= 0.6 is 0 Å². The number of anilines is 1. The first kappa shape index (κ1) is 13.1. The summed E-state index contributed by atoms with van der Waals surface area (Å²) in [5.41, 5.74) is 4.27. The van der Waals surface area contributed by atoms with Crippen LogP contribution in [0.4, 0.5) is 5.82 Å². The average molecular weight is 278 g/mol. The van der Waals surface area contributed by atoms with E-state index in [4.69, 9.17) is 5.26 Å². The number of carbonyl (C=O) groups excluding carboxylic acids is 1. The Morgan fingerprint density at radius 3 is 3.05 bits per heavy atom. The molecule has 0 aliphatic carbocycles. The number of fused-ring (bicyclic) bond motifs is 1. The highest BCUT2D eigenvalue weighted by Crippen LogP contribution is 2.22. The molecule has 2 N–H and O–H groups in total. The lowest BCUT2D eigenvalue weighted by molar-refractivity contribution is 0.0965. The molecule has 0 unspecified atom stereocenters. The van der Waals surface area contributed by atoms with Gasteiger partial charge in [-0.05, 0) is 23.3 Å². The fourth-order valence-corrected chi connectivity index (χ4v) is 2.52. The molecule has 1 aliphatic rings. The number of nitriles is 1. The van der Waals surface area contributed by atoms with Crippen LogP contribution in [0.3, 0.4) is 0 Å². The fraction of sp³-hybridized carbons (Fsp3) is 0.188. The van der Waals surface area contributed by atoms with E-state index in [-0.39, 0.29) is 5.91 Å². The number of aromatic nitrogens is 1. The molecule has 0 atom stereocenters. The summed E-state index contributed by atoms with van der Waals surface area (Å²) in [5.74, 6) is 0.726. The van der Waals surface area contributed by atoms with Crippen LogP contribution in [0.25, 0.3) is 0 Å². The van der Waals surface area contributed by atoms with E-state index in [0.717, 1.165) is 28.1 Å². The van der Waals surface area contributed by atoms with Gasteiger partial charge in [-0.25, -0.2) is 4.98 Å². The Labute approximate surface area is 122 Å². The molecule has 21 heavy (non-hydrogen) atoms. The summed E-state index contributed by atoms with van der Waals surface area (Å²) in [5, 5.41) is 14.8. The van der Waals surface area contributed by atoms with Crippen LogP contribution in [-0.4, -0.2) is 17.9 Å². The molecule has 0 saturated heterocycles. The molecule has 0 bridgehead atoms. The van der Waals surface area contributed by atoms with Crippen LogP contribution in [-0.2, 0) is 13.0 Å². The Bertz CT molecular complexity index is 761. The number of amides is 1. The summed E-state index contributed by atoms with van der Waals surface area (Å²) in [6.45, 7) is 0.599. The molecule has 2 heterocycles. The van der Waals surface area contributed by atoms with Gasteiger partial charge >= 0.3 is 0 Å². The second kappa shape index (κ2) is 5.25. The van der Waals surface area contributed by atoms with E-state index in [1.54, 1.807) is 13.2 Å². The zero-order valence-corrected chi connectivity index (χ0v) is 11.6. The van der Waals surface area contributed by atoms with Gasteiger partial charge in [0.15, 0.2) is 0 Å². The molecular formula is C16H14N4O. The van der Waals surface area contributed by atoms with Crippen molar-refractivity contribution in [2.45, 2.75) is 13.0 Å². The Kier molecular flexibility index (Phi) is 3.28. The maximum atomic E-state index is 11.7. The zero-order chi connectivity index (χ0) is 14.8. The van der Waals surface area contributed by atoms with Crippen molar-refractivity contribution < 1.29 is 4.79 Å². The third kappa shape index (κ3) is 2.43. The minimum atomic E-state index is -0.0235. The number of benzene rings is 1. The van der Waals surface area contributed by atoms with E-state index >= 15 is 0 Å². The third-order valence-electron chi connectivity index (χ3n) is 3.59. The van der Waals surface area contributed by atoms with Gasteiger partial charge in [0.2, 0.25) is 0 Å². The largest absolute Gasteiger partial charge is 0.373 e. The Hall–Kier alpha value is -2.87. The number of pyridine rings is 1. The average Bonchev–Trinajstić information content (AvgIpc) is 2.88. The van der Waals surface area contributed by atoms with E-state index in [2.05, 4.69) is 21.7 Å². The van der Waals surface area contributed by atoms with Crippen molar-refractivity contribution in [1.29, 1.82) is 5.26 Å². The Morgan fingerprint density at radius 2 is 2.29 bits per heavy atom. The highest BCUT2D eigenvalue weighted by atomic mass is 16.1. The second-order valence-electron chi connectivity index (χ2n) is 4.94. The molecule has 1 aromatic heterocycles. The number of carbonyl (C=O) groups is 1. The molecule has 2 aromatic rings. The minimum absolute atomic E-state index is 0.0235. The lowest BCUT2D eigenvalue weighted by atomic mass is 10.00. The molecule has 1 aliphatic heterocycles. The highest BCUT2D eigenvalue weighted by molar-refractivity contribution is 5.98. The number of nitrogens with zero attached hydrogens (tertiary/aromatic N) is 2. The molecule has 0 radical (unpaired) electrons. The van der Waals surface area contributed by atoms with E-state index < -0.39 is 0 Å². The quantitative estimate of drug-likeness (QED) is 0.898. The lowest BCUT2D eigenvalue weighted by Crippen LogP contribution is -2.12. The van der Waals surface area contributed by atoms with Crippen LogP contribution in [0.15, 0.2) is 30.5 Å². The van der Waals surface area contributed by atoms with Crippen LogP contribution in [0.5, 0.6) is 0 Å². The van der Waals surface area contributed by atoms with E-state index in [0.29, 0.717) is 18.5 Å². The zero-order valence-electron chi connectivity index (χ0n) is 11.6. The van der Waals surface area contributed by atoms with Crippen molar-refractivity contribution >= 4 is 11.7 Å². The lowest BCUT2D eigenvalue weighted by Gasteiger charge is -2.09. The topological polar surface area (TPSA) is 77.8 Å². The summed E-state index contributed by atoms with van der Waals surface area (Å²) >= 11 is 0. The van der Waals surface area contributed by atoms with Crippen molar-refractivity contribution in [3.8, 4) is 6.07 Å². The fourth-order valence-electron chi connectivity index (χ4n) is 2.52. The van der Waals surface area contributed by atoms with Gasteiger partial charge in [-0.1, -0.05) is 12.1 Å². The van der Waals surface area contributed by atoms with Crippen LogP contribution in [0, 0.1) is 11.3 Å². The Balaban J connectivity index is 1.96. The first-order chi connectivity index (χ1) is 10.2. The van der Waals surface area contributed by atoms with Crippen molar-refractivity contribution in [2.75, 3.05) is 12.4 Å². The smallest absolute Gasteiger partial charge is 0.251 e. The van der Waals surface area contributed by atoms with Gasteiger partial charge in [-0.2, -0.15) is 5.26 Å². The van der Waals surface area contributed by atoms with Crippen LogP contribution < -0.4 is 10.6 Å². The number of hydrogen-bond acceptors (Lipinski definition) is 4. The molecule has 5 heteroatoms. The van der Waals surface area contributed by atoms with Gasteiger partial charge in [0.25, 0.3) is 5.91 Å². The minimum Gasteiger partial charge on any atom is -0.373 e. The molecule has 0 spiro atoms. The molecule has 5 nitrogen and oxygen atoms in total. The molecule has 104 valence electrons. The molecular weight excluding hydrogens is 264 g/mol. The predicted octanol–water partition coefficient (Wildman–Crippen LogP) is 1.83. The summed E-state index contributed by atoms with van der Waals surface area (Å²) in [6.07, 6.45) is 2.17. The van der Waals surface area contributed by atoms with E-state index in [9.17, 15) is 4.79 Å². The third-order valence-corrected chi connectivity index (χ3v) is 3.59. The molecule has 0 fully saturated rings. The van der Waals surface area contributed by atoms with E-state index in [1.807, 2.05) is 24.3 Å². The van der Waals surface area contributed by atoms with Gasteiger partial charge in [0.1, 0.15) is 11.9 Å². The summed E-state index contributed by atoms with van der Waals surface area (Å²) < 4.78 is 0. The van der Waals surface area contributed by atoms with Gasteiger partial charge in [0.05, 0.1) is 5.56 Å². The van der Waals surface area contributed by atoms with Crippen molar-refractivity contribution in [3.63, 3.8) is 0 Å². The molecule has 3 rings (SSSR count). The number of hydrogen-bond donors (Lipinski definition) is 2. The van der Waals surface area contributed by atoms with Gasteiger partial charge in [-0.15, -0.1) is 0 Å². The predicted molar refractivity (Wildman–Crippen MR) is 78.9 cm³/mol. The molecule has 1 aromatic carbocycles. The van der Waals surface area contributed by atoms with Gasteiger partial charge in [-0.3, -0.25) is 4.79 Å². The summed E-state index contributed by atoms with van der Waals surface area (Å²) in [7, 11) is 1.80. The molecule has 1 amide bonds. The van der Waals surface area contributed by atoms with Gasteiger partial charge in [0, 0.05) is 37.3 Å². The SMILES string of the molecule is CNc1ncc(C#N)cc1Cc1ccc2c(c1)C(=O)NC2. The van der Waals surface area contributed by atoms with Gasteiger partial charge < -0.3 is 10.6 Å². The van der Waals surface area contributed by atoms with Crippen molar-refractivity contribution in [3.05, 3.63) is 58.3 Å². The number of rotatable bonds is 3. The monoisotopic (exact) mass is 278 g/mol. The van der Waals surface area contributed by atoms with Crippen LogP contribution in [0.2, 0.25) is 0 Å². The number of nitrogens with one attached hydrogen (secondary N) is 2. The summed E-state index contributed by atoms with van der Waals surface area (Å²) in [4.78, 5) is 16.0. The normalized spacial score (nSPS) is 12.5. The molecule has 0 saturated carbocycles. The summed E-state index contributed by atoms with van der Waals surface area (Å²) in [6, 6.07) is 9.82.